The minimum absolute atomic E-state index is 0.192. The van der Waals surface area contributed by atoms with Gasteiger partial charge >= 0.3 is 0 Å². The number of rotatable bonds is 6. The van der Waals surface area contributed by atoms with E-state index in [2.05, 4.69) is 12.2 Å². The van der Waals surface area contributed by atoms with Crippen molar-refractivity contribution in [2.75, 3.05) is 6.54 Å². The molecule has 0 aliphatic rings. The molecule has 96 valence electrons. The molecule has 0 bridgehead atoms. The van der Waals surface area contributed by atoms with Crippen LogP contribution >= 0.6 is 11.8 Å². The molecule has 1 aromatic carbocycles. The second kappa shape index (κ2) is 6.61. The molecule has 0 aliphatic carbocycles. The van der Waals surface area contributed by atoms with Crippen molar-refractivity contribution in [3.63, 3.8) is 0 Å². The van der Waals surface area contributed by atoms with E-state index in [1.807, 2.05) is 24.3 Å². The first-order valence-electron chi connectivity index (χ1n) is 5.89. The van der Waals surface area contributed by atoms with Gasteiger partial charge in [-0.25, -0.2) is 4.39 Å². The maximum Gasteiger partial charge on any atom is 0.123 e. The van der Waals surface area contributed by atoms with E-state index in [0.29, 0.717) is 5.25 Å². The van der Waals surface area contributed by atoms with Gasteiger partial charge in [0.15, 0.2) is 0 Å². The van der Waals surface area contributed by atoms with Crippen molar-refractivity contribution in [2.45, 2.75) is 23.6 Å². The van der Waals surface area contributed by atoms with Gasteiger partial charge in [0.25, 0.3) is 0 Å². The summed E-state index contributed by atoms with van der Waals surface area (Å²) in [6.45, 7) is 3.76. The fourth-order valence-electron chi connectivity index (χ4n) is 1.60. The van der Waals surface area contributed by atoms with Gasteiger partial charge in [0, 0.05) is 16.7 Å². The van der Waals surface area contributed by atoms with Gasteiger partial charge in [-0.3, -0.25) is 0 Å². The van der Waals surface area contributed by atoms with Crippen molar-refractivity contribution in [1.29, 1.82) is 0 Å². The van der Waals surface area contributed by atoms with Crippen molar-refractivity contribution < 1.29 is 8.81 Å². The number of thioether (sulfide) groups is 1. The molecular formula is C14H16FNOS. The Bertz CT molecular complexity index is 455. The predicted molar refractivity (Wildman–Crippen MR) is 72.1 cm³/mol. The van der Waals surface area contributed by atoms with E-state index < -0.39 is 0 Å². The van der Waals surface area contributed by atoms with Gasteiger partial charge in [-0.2, -0.15) is 0 Å². The van der Waals surface area contributed by atoms with Gasteiger partial charge in [0.05, 0.1) is 12.8 Å². The molecule has 0 saturated carbocycles. The SMILES string of the molecule is CC(CNCc1ccco1)Sc1ccc(F)cc1. The lowest BCUT2D eigenvalue weighted by Gasteiger charge is -2.11. The lowest BCUT2D eigenvalue weighted by Crippen LogP contribution is -2.21. The predicted octanol–water partition coefficient (Wildman–Crippen LogP) is 3.69. The summed E-state index contributed by atoms with van der Waals surface area (Å²) < 4.78 is 18.0. The highest BCUT2D eigenvalue weighted by Crippen LogP contribution is 2.22. The summed E-state index contributed by atoms with van der Waals surface area (Å²) in [5, 5.41) is 3.75. The maximum atomic E-state index is 12.8. The Labute approximate surface area is 111 Å². The van der Waals surface area contributed by atoms with Gasteiger partial charge in [-0.05, 0) is 36.4 Å². The summed E-state index contributed by atoms with van der Waals surface area (Å²) in [6, 6.07) is 10.4. The number of benzene rings is 1. The topological polar surface area (TPSA) is 25.2 Å². The zero-order chi connectivity index (χ0) is 12.8. The molecule has 0 amide bonds. The van der Waals surface area contributed by atoms with Crippen molar-refractivity contribution >= 4 is 11.8 Å². The fourth-order valence-corrected chi connectivity index (χ4v) is 2.56. The zero-order valence-electron chi connectivity index (χ0n) is 10.2. The summed E-state index contributed by atoms with van der Waals surface area (Å²) in [4.78, 5) is 1.09. The molecule has 2 rings (SSSR count). The van der Waals surface area contributed by atoms with Crippen molar-refractivity contribution in [3.8, 4) is 0 Å². The quantitative estimate of drug-likeness (QED) is 0.806. The van der Waals surface area contributed by atoms with Crippen LogP contribution in [0.2, 0.25) is 0 Å². The molecule has 0 aliphatic heterocycles. The third-order valence-corrected chi connectivity index (χ3v) is 3.58. The zero-order valence-corrected chi connectivity index (χ0v) is 11.0. The second-order valence-electron chi connectivity index (χ2n) is 4.09. The minimum atomic E-state index is -0.192. The number of furan rings is 1. The van der Waals surface area contributed by atoms with E-state index in [-0.39, 0.29) is 5.82 Å². The van der Waals surface area contributed by atoms with E-state index in [1.165, 1.54) is 12.1 Å². The molecular weight excluding hydrogens is 249 g/mol. The van der Waals surface area contributed by atoms with Gasteiger partial charge in [0.2, 0.25) is 0 Å². The summed E-state index contributed by atoms with van der Waals surface area (Å²) in [6.07, 6.45) is 1.67. The van der Waals surface area contributed by atoms with Crippen LogP contribution in [-0.2, 0) is 6.54 Å². The van der Waals surface area contributed by atoms with Crippen LogP contribution in [0.5, 0.6) is 0 Å². The fraction of sp³-hybridized carbons (Fsp3) is 0.286. The molecule has 1 aromatic heterocycles. The van der Waals surface area contributed by atoms with Gasteiger partial charge in [-0.1, -0.05) is 6.92 Å². The Morgan fingerprint density at radius 2 is 2.06 bits per heavy atom. The first kappa shape index (κ1) is 13.2. The molecule has 1 unspecified atom stereocenters. The van der Waals surface area contributed by atoms with Gasteiger partial charge < -0.3 is 9.73 Å². The summed E-state index contributed by atoms with van der Waals surface area (Å²) >= 11 is 1.73. The van der Waals surface area contributed by atoms with E-state index in [4.69, 9.17) is 4.42 Å². The number of nitrogens with one attached hydrogen (secondary N) is 1. The summed E-state index contributed by atoms with van der Waals surface area (Å²) in [5.41, 5.74) is 0. The highest BCUT2D eigenvalue weighted by molar-refractivity contribution is 8.00. The molecule has 18 heavy (non-hydrogen) atoms. The normalized spacial score (nSPS) is 12.6. The second-order valence-corrected chi connectivity index (χ2v) is 5.60. The van der Waals surface area contributed by atoms with Gasteiger partial charge in [0.1, 0.15) is 11.6 Å². The van der Waals surface area contributed by atoms with Crippen LogP contribution in [0.3, 0.4) is 0 Å². The number of hydrogen-bond acceptors (Lipinski definition) is 3. The Morgan fingerprint density at radius 3 is 2.72 bits per heavy atom. The average molecular weight is 265 g/mol. The standard InChI is InChI=1S/C14H16FNOS/c1-11(9-16-10-13-3-2-8-17-13)18-14-6-4-12(15)5-7-14/h2-8,11,16H,9-10H2,1H3. The van der Waals surface area contributed by atoms with Crippen molar-refractivity contribution in [2.24, 2.45) is 0 Å². The Morgan fingerprint density at radius 1 is 1.28 bits per heavy atom. The van der Waals surface area contributed by atoms with Crippen LogP contribution in [0.15, 0.2) is 52.0 Å². The van der Waals surface area contributed by atoms with Gasteiger partial charge in [-0.15, -0.1) is 11.8 Å². The van der Waals surface area contributed by atoms with E-state index in [0.717, 1.165) is 23.7 Å². The van der Waals surface area contributed by atoms with Crippen LogP contribution in [0.1, 0.15) is 12.7 Å². The molecule has 0 saturated heterocycles. The van der Waals surface area contributed by atoms with Crippen molar-refractivity contribution in [3.05, 3.63) is 54.2 Å². The molecule has 0 fully saturated rings. The minimum Gasteiger partial charge on any atom is -0.468 e. The molecule has 0 radical (unpaired) electrons. The number of halogens is 1. The van der Waals surface area contributed by atoms with Crippen LogP contribution in [-0.4, -0.2) is 11.8 Å². The smallest absolute Gasteiger partial charge is 0.123 e. The van der Waals surface area contributed by atoms with Crippen LogP contribution < -0.4 is 5.32 Å². The van der Waals surface area contributed by atoms with E-state index >= 15 is 0 Å². The molecule has 2 nitrogen and oxygen atoms in total. The average Bonchev–Trinajstić information content (AvgIpc) is 2.85. The third-order valence-electron chi connectivity index (χ3n) is 2.46. The first-order chi connectivity index (χ1) is 8.74. The Balaban J connectivity index is 1.71. The lowest BCUT2D eigenvalue weighted by atomic mass is 10.3. The third kappa shape index (κ3) is 4.20. The Hall–Kier alpha value is -1.26. The molecule has 0 spiro atoms. The van der Waals surface area contributed by atoms with E-state index in [1.54, 1.807) is 18.0 Å². The molecule has 4 heteroatoms. The molecule has 1 atom stereocenters. The lowest BCUT2D eigenvalue weighted by molar-refractivity contribution is 0.484. The maximum absolute atomic E-state index is 12.8. The van der Waals surface area contributed by atoms with Crippen LogP contribution in [0.4, 0.5) is 4.39 Å². The molecule has 2 aromatic rings. The van der Waals surface area contributed by atoms with Crippen LogP contribution in [0, 0.1) is 5.82 Å². The Kier molecular flexibility index (Phi) is 4.84. The van der Waals surface area contributed by atoms with Crippen molar-refractivity contribution in [1.82, 2.24) is 5.32 Å². The summed E-state index contributed by atoms with van der Waals surface area (Å²) in [7, 11) is 0. The first-order valence-corrected chi connectivity index (χ1v) is 6.77. The largest absolute Gasteiger partial charge is 0.468 e. The highest BCUT2D eigenvalue weighted by Gasteiger charge is 2.04. The molecule has 1 heterocycles. The van der Waals surface area contributed by atoms with Crippen LogP contribution in [0.25, 0.3) is 0 Å². The monoisotopic (exact) mass is 265 g/mol. The number of hydrogen-bond donors (Lipinski definition) is 1. The molecule has 1 N–H and O–H groups in total. The summed E-state index contributed by atoms with van der Waals surface area (Å²) in [5.74, 6) is 0.747. The highest BCUT2D eigenvalue weighted by atomic mass is 32.2. The van der Waals surface area contributed by atoms with E-state index in [9.17, 15) is 4.39 Å².